The molecule has 1 aromatic heterocycles. The van der Waals surface area contributed by atoms with E-state index in [9.17, 15) is 0 Å². The monoisotopic (exact) mass is 522 g/mol. The highest BCUT2D eigenvalue weighted by Crippen LogP contribution is 2.29. The third-order valence-corrected chi connectivity index (χ3v) is 5.18. The van der Waals surface area contributed by atoms with Crippen LogP contribution in [0.3, 0.4) is 0 Å². The number of benzene rings is 2. The number of aliphatic imine (C=N–C) groups is 1. The number of nitrogens with one attached hydrogen (secondary N) is 3. The van der Waals surface area contributed by atoms with Crippen molar-refractivity contribution in [1.82, 2.24) is 15.6 Å². The van der Waals surface area contributed by atoms with Crippen LogP contribution in [0.1, 0.15) is 29.7 Å². The number of aryl methyl sites for hydroxylation is 1. The number of ether oxygens (including phenoxy) is 2. The van der Waals surface area contributed by atoms with Crippen molar-refractivity contribution in [2.24, 2.45) is 4.99 Å². The number of nitrogens with zero attached hydrogens (tertiary/aromatic N) is 1. The molecule has 7 heteroatoms. The van der Waals surface area contributed by atoms with Crippen LogP contribution in [0.25, 0.3) is 10.9 Å². The fraction of sp³-hybridized carbons (Fsp3) is 0.348. The summed E-state index contributed by atoms with van der Waals surface area (Å²) >= 11 is 0. The first-order valence-electron chi connectivity index (χ1n) is 9.82. The number of fused-ring (bicyclic) bond motifs is 1. The SMILES string of the molecule is CN=C(NCCc1c[nH]c2c(C)cccc12)NC(C)c1cc(OC)ccc1OC.I. The highest BCUT2D eigenvalue weighted by molar-refractivity contribution is 14.0. The van der Waals surface area contributed by atoms with E-state index in [1.165, 1.54) is 22.0 Å². The average Bonchev–Trinajstić information content (AvgIpc) is 3.16. The summed E-state index contributed by atoms with van der Waals surface area (Å²) in [7, 11) is 5.12. The first-order valence-corrected chi connectivity index (χ1v) is 9.82. The summed E-state index contributed by atoms with van der Waals surface area (Å²) < 4.78 is 10.9. The molecule has 30 heavy (non-hydrogen) atoms. The maximum Gasteiger partial charge on any atom is 0.191 e. The Labute approximate surface area is 195 Å². The summed E-state index contributed by atoms with van der Waals surface area (Å²) in [4.78, 5) is 7.75. The fourth-order valence-electron chi connectivity index (χ4n) is 3.54. The molecule has 0 aliphatic rings. The topological polar surface area (TPSA) is 70.7 Å². The van der Waals surface area contributed by atoms with Gasteiger partial charge in [-0.05, 0) is 49.6 Å². The van der Waals surface area contributed by atoms with Gasteiger partial charge in [0, 0.05) is 36.3 Å². The number of H-pyrrole nitrogens is 1. The van der Waals surface area contributed by atoms with Gasteiger partial charge in [-0.2, -0.15) is 0 Å². The number of aromatic nitrogens is 1. The van der Waals surface area contributed by atoms with Crippen molar-refractivity contribution in [3.8, 4) is 11.5 Å². The maximum absolute atomic E-state index is 5.50. The molecule has 0 amide bonds. The summed E-state index contributed by atoms with van der Waals surface area (Å²) in [5.41, 5.74) is 4.79. The molecule has 0 bridgehead atoms. The quantitative estimate of drug-likeness (QED) is 0.242. The maximum atomic E-state index is 5.50. The van der Waals surface area contributed by atoms with Crippen LogP contribution >= 0.6 is 24.0 Å². The van der Waals surface area contributed by atoms with E-state index in [1.807, 2.05) is 18.2 Å². The van der Waals surface area contributed by atoms with E-state index in [0.717, 1.165) is 36.0 Å². The number of hydrogen-bond donors (Lipinski definition) is 3. The Hall–Kier alpha value is -2.42. The lowest BCUT2D eigenvalue weighted by Crippen LogP contribution is -2.39. The van der Waals surface area contributed by atoms with Crippen LogP contribution in [0.15, 0.2) is 47.6 Å². The number of methoxy groups -OCH3 is 2. The molecule has 0 spiro atoms. The second-order valence-corrected chi connectivity index (χ2v) is 7.03. The standard InChI is InChI=1S/C23H30N4O2.HI/c1-15-7-6-8-19-17(14-26-22(15)19)11-12-25-23(24-3)27-16(2)20-13-18(28-4)9-10-21(20)29-5;/h6-10,13-14,16,26H,11-12H2,1-5H3,(H2,24,25,27);1H. The molecule has 1 unspecified atom stereocenters. The Morgan fingerprint density at radius 2 is 1.97 bits per heavy atom. The lowest BCUT2D eigenvalue weighted by molar-refractivity contribution is 0.394. The number of guanidine groups is 1. The van der Waals surface area contributed by atoms with Crippen molar-refractivity contribution < 1.29 is 9.47 Å². The van der Waals surface area contributed by atoms with Crippen molar-refractivity contribution in [2.45, 2.75) is 26.3 Å². The zero-order valence-corrected chi connectivity index (χ0v) is 20.5. The highest BCUT2D eigenvalue weighted by Gasteiger charge is 2.14. The molecule has 6 nitrogen and oxygen atoms in total. The molecule has 0 saturated heterocycles. The minimum Gasteiger partial charge on any atom is -0.497 e. The smallest absolute Gasteiger partial charge is 0.191 e. The zero-order valence-electron chi connectivity index (χ0n) is 18.2. The van der Waals surface area contributed by atoms with Crippen LogP contribution in [-0.2, 0) is 6.42 Å². The molecule has 0 radical (unpaired) electrons. The Balaban J connectivity index is 0.00000320. The molecule has 2 aromatic carbocycles. The van der Waals surface area contributed by atoms with Crippen LogP contribution in [0.5, 0.6) is 11.5 Å². The van der Waals surface area contributed by atoms with E-state index >= 15 is 0 Å². The number of rotatable bonds is 7. The van der Waals surface area contributed by atoms with E-state index in [-0.39, 0.29) is 30.0 Å². The number of halogens is 1. The van der Waals surface area contributed by atoms with E-state index in [0.29, 0.717) is 0 Å². The van der Waals surface area contributed by atoms with Crippen LogP contribution in [-0.4, -0.2) is 38.8 Å². The Kier molecular flexibility index (Phi) is 8.83. The lowest BCUT2D eigenvalue weighted by atomic mass is 10.1. The number of para-hydroxylation sites is 1. The second kappa shape index (κ2) is 11.1. The number of hydrogen-bond acceptors (Lipinski definition) is 3. The average molecular weight is 522 g/mol. The molecule has 0 fully saturated rings. The summed E-state index contributed by atoms with van der Waals surface area (Å²) in [6.45, 7) is 4.98. The molecule has 0 saturated carbocycles. The van der Waals surface area contributed by atoms with Gasteiger partial charge in [-0.3, -0.25) is 4.99 Å². The van der Waals surface area contributed by atoms with Crippen LogP contribution in [0.2, 0.25) is 0 Å². The summed E-state index contributed by atoms with van der Waals surface area (Å²) in [6.07, 6.45) is 3.00. The molecule has 1 atom stereocenters. The third-order valence-electron chi connectivity index (χ3n) is 5.18. The van der Waals surface area contributed by atoms with Crippen molar-refractivity contribution in [2.75, 3.05) is 27.8 Å². The molecule has 0 aliphatic heterocycles. The van der Waals surface area contributed by atoms with Gasteiger partial charge in [-0.15, -0.1) is 24.0 Å². The van der Waals surface area contributed by atoms with Crippen LogP contribution in [0, 0.1) is 6.92 Å². The predicted molar refractivity (Wildman–Crippen MR) is 135 cm³/mol. The molecular formula is C23H31IN4O2. The van der Waals surface area contributed by atoms with E-state index in [2.05, 4.69) is 58.9 Å². The van der Waals surface area contributed by atoms with Crippen molar-refractivity contribution in [3.63, 3.8) is 0 Å². The van der Waals surface area contributed by atoms with Gasteiger partial charge in [0.15, 0.2) is 5.96 Å². The van der Waals surface area contributed by atoms with Crippen molar-refractivity contribution in [3.05, 3.63) is 59.3 Å². The molecule has 0 aliphatic carbocycles. The highest BCUT2D eigenvalue weighted by atomic mass is 127. The second-order valence-electron chi connectivity index (χ2n) is 7.03. The van der Waals surface area contributed by atoms with Gasteiger partial charge >= 0.3 is 0 Å². The Morgan fingerprint density at radius 1 is 1.17 bits per heavy atom. The van der Waals surface area contributed by atoms with Crippen LogP contribution < -0.4 is 20.1 Å². The van der Waals surface area contributed by atoms with Crippen molar-refractivity contribution >= 4 is 40.8 Å². The summed E-state index contributed by atoms with van der Waals surface area (Å²) in [5, 5.41) is 8.12. The van der Waals surface area contributed by atoms with Gasteiger partial charge in [0.1, 0.15) is 11.5 Å². The first-order chi connectivity index (χ1) is 14.1. The molecular weight excluding hydrogens is 491 g/mol. The molecule has 3 aromatic rings. The van der Waals surface area contributed by atoms with E-state index in [4.69, 9.17) is 9.47 Å². The Morgan fingerprint density at radius 3 is 2.67 bits per heavy atom. The minimum atomic E-state index is 0. The minimum absolute atomic E-state index is 0. The molecule has 1 heterocycles. The molecule has 3 rings (SSSR count). The zero-order chi connectivity index (χ0) is 20.8. The van der Waals surface area contributed by atoms with Gasteiger partial charge in [0.25, 0.3) is 0 Å². The predicted octanol–water partition coefficient (Wildman–Crippen LogP) is 4.58. The van der Waals surface area contributed by atoms with Gasteiger partial charge in [-0.25, -0.2) is 0 Å². The summed E-state index contributed by atoms with van der Waals surface area (Å²) in [5.74, 6) is 2.36. The lowest BCUT2D eigenvalue weighted by Gasteiger charge is -2.20. The van der Waals surface area contributed by atoms with Crippen molar-refractivity contribution in [1.29, 1.82) is 0 Å². The van der Waals surface area contributed by atoms with Crippen LogP contribution in [0.4, 0.5) is 0 Å². The van der Waals surface area contributed by atoms with Gasteiger partial charge in [0.05, 0.1) is 20.3 Å². The largest absolute Gasteiger partial charge is 0.497 e. The fourth-order valence-corrected chi connectivity index (χ4v) is 3.54. The van der Waals surface area contributed by atoms with Gasteiger partial charge in [0.2, 0.25) is 0 Å². The number of aromatic amines is 1. The Bertz CT molecular complexity index is 1000. The summed E-state index contributed by atoms with van der Waals surface area (Å²) in [6, 6.07) is 12.2. The molecule has 162 valence electrons. The van der Waals surface area contributed by atoms with Gasteiger partial charge in [-0.1, -0.05) is 18.2 Å². The van der Waals surface area contributed by atoms with Gasteiger partial charge < -0.3 is 25.1 Å². The normalized spacial score (nSPS) is 12.2. The molecule has 3 N–H and O–H groups in total. The third kappa shape index (κ3) is 5.38. The van der Waals surface area contributed by atoms with E-state index in [1.54, 1.807) is 21.3 Å². The van der Waals surface area contributed by atoms with E-state index < -0.39 is 0 Å². The first kappa shape index (κ1) is 23.9.